The summed E-state index contributed by atoms with van der Waals surface area (Å²) in [5, 5.41) is 8.98. The number of rotatable bonds is 4. The first-order valence-electron chi connectivity index (χ1n) is 6.40. The van der Waals surface area contributed by atoms with Crippen molar-refractivity contribution < 1.29 is 18.3 Å². The third-order valence-electron chi connectivity index (χ3n) is 3.32. The van der Waals surface area contributed by atoms with Crippen LogP contribution in [0.1, 0.15) is 12.0 Å². The van der Waals surface area contributed by atoms with Crippen LogP contribution in [0.5, 0.6) is 0 Å². The SMILES string of the molecule is Cc1ccc(Br)cc1S(=O)(=O)N1CCSCC1CC(=O)O. The number of carboxylic acid groups (broad SMARTS) is 1. The zero-order valence-electron chi connectivity index (χ0n) is 11.5. The quantitative estimate of drug-likeness (QED) is 0.849. The normalized spacial score (nSPS) is 20.4. The zero-order valence-corrected chi connectivity index (χ0v) is 14.7. The summed E-state index contributed by atoms with van der Waals surface area (Å²) >= 11 is 4.88. The van der Waals surface area contributed by atoms with Crippen molar-refractivity contribution in [1.82, 2.24) is 4.31 Å². The number of hydrogen-bond acceptors (Lipinski definition) is 4. The summed E-state index contributed by atoms with van der Waals surface area (Å²) in [4.78, 5) is 11.2. The molecule has 1 heterocycles. The Labute approximate surface area is 136 Å². The van der Waals surface area contributed by atoms with Gasteiger partial charge in [-0.3, -0.25) is 4.79 Å². The highest BCUT2D eigenvalue weighted by Crippen LogP contribution is 2.29. The van der Waals surface area contributed by atoms with Crippen LogP contribution in [0.3, 0.4) is 0 Å². The molecule has 1 aliphatic heterocycles. The Morgan fingerprint density at radius 1 is 1.52 bits per heavy atom. The number of sulfonamides is 1. The molecule has 0 aliphatic carbocycles. The lowest BCUT2D eigenvalue weighted by molar-refractivity contribution is -0.137. The summed E-state index contributed by atoms with van der Waals surface area (Å²) in [6.07, 6.45) is -0.167. The molecule has 1 fully saturated rings. The second-order valence-corrected chi connectivity index (χ2v) is 8.78. The molecular weight excluding hydrogens is 378 g/mol. The molecule has 1 aliphatic rings. The Morgan fingerprint density at radius 3 is 2.90 bits per heavy atom. The zero-order chi connectivity index (χ0) is 15.6. The predicted octanol–water partition coefficient (Wildman–Crippen LogP) is 2.34. The highest BCUT2D eigenvalue weighted by atomic mass is 79.9. The van der Waals surface area contributed by atoms with Crippen LogP contribution in [0.2, 0.25) is 0 Å². The molecule has 1 saturated heterocycles. The monoisotopic (exact) mass is 393 g/mol. The molecule has 21 heavy (non-hydrogen) atoms. The maximum atomic E-state index is 12.9. The van der Waals surface area contributed by atoms with Gasteiger partial charge < -0.3 is 5.11 Å². The van der Waals surface area contributed by atoms with Gasteiger partial charge in [0, 0.05) is 28.6 Å². The average Bonchev–Trinajstić information content (AvgIpc) is 2.41. The predicted molar refractivity (Wildman–Crippen MR) is 86.1 cm³/mol. The Kier molecular flexibility index (Phi) is 5.34. The van der Waals surface area contributed by atoms with Crippen molar-refractivity contribution in [3.8, 4) is 0 Å². The second kappa shape index (κ2) is 6.68. The number of carboxylic acids is 1. The Balaban J connectivity index is 2.40. The lowest BCUT2D eigenvalue weighted by Crippen LogP contribution is -2.47. The number of nitrogens with zero attached hydrogens (tertiary/aromatic N) is 1. The van der Waals surface area contributed by atoms with E-state index in [9.17, 15) is 13.2 Å². The van der Waals surface area contributed by atoms with Crippen LogP contribution in [0, 0.1) is 6.92 Å². The van der Waals surface area contributed by atoms with Crippen molar-refractivity contribution in [2.45, 2.75) is 24.3 Å². The maximum Gasteiger partial charge on any atom is 0.305 e. The molecule has 1 N–H and O–H groups in total. The molecule has 0 spiro atoms. The highest BCUT2D eigenvalue weighted by Gasteiger charge is 2.35. The molecule has 8 heteroatoms. The number of thioether (sulfide) groups is 1. The van der Waals surface area contributed by atoms with E-state index in [2.05, 4.69) is 15.9 Å². The average molecular weight is 394 g/mol. The molecule has 2 rings (SSSR count). The van der Waals surface area contributed by atoms with Crippen molar-refractivity contribution in [1.29, 1.82) is 0 Å². The van der Waals surface area contributed by atoms with Gasteiger partial charge in [0.2, 0.25) is 10.0 Å². The van der Waals surface area contributed by atoms with Gasteiger partial charge >= 0.3 is 5.97 Å². The van der Waals surface area contributed by atoms with Gasteiger partial charge in [0.1, 0.15) is 0 Å². The van der Waals surface area contributed by atoms with Crippen molar-refractivity contribution >= 4 is 43.7 Å². The smallest absolute Gasteiger partial charge is 0.305 e. The molecule has 1 aromatic carbocycles. The van der Waals surface area contributed by atoms with Gasteiger partial charge in [-0.05, 0) is 24.6 Å². The van der Waals surface area contributed by atoms with Crippen LogP contribution in [0.25, 0.3) is 0 Å². The Hall–Kier alpha value is -0.570. The Morgan fingerprint density at radius 2 is 2.24 bits per heavy atom. The lowest BCUT2D eigenvalue weighted by atomic mass is 10.2. The summed E-state index contributed by atoms with van der Waals surface area (Å²) in [6, 6.07) is 4.60. The van der Waals surface area contributed by atoms with Crippen LogP contribution >= 0.6 is 27.7 Å². The van der Waals surface area contributed by atoms with Gasteiger partial charge in [0.25, 0.3) is 0 Å². The van der Waals surface area contributed by atoms with Crippen molar-refractivity contribution in [3.05, 3.63) is 28.2 Å². The summed E-state index contributed by atoms with van der Waals surface area (Å²) in [5.41, 5.74) is 0.658. The van der Waals surface area contributed by atoms with Gasteiger partial charge in [-0.25, -0.2) is 8.42 Å². The molecular formula is C13H16BrNO4S2. The van der Waals surface area contributed by atoms with E-state index in [0.29, 0.717) is 28.1 Å². The lowest BCUT2D eigenvalue weighted by Gasteiger charge is -2.33. The number of benzene rings is 1. The third-order valence-corrected chi connectivity index (χ3v) is 7.00. The van der Waals surface area contributed by atoms with Gasteiger partial charge in [-0.1, -0.05) is 22.0 Å². The van der Waals surface area contributed by atoms with Crippen LogP contribution in [0.4, 0.5) is 0 Å². The maximum absolute atomic E-state index is 12.9. The van der Waals surface area contributed by atoms with Crippen LogP contribution in [0.15, 0.2) is 27.6 Å². The van der Waals surface area contributed by atoms with E-state index in [1.165, 1.54) is 4.31 Å². The standard InChI is InChI=1S/C13H16BrNO4S2/c1-9-2-3-10(14)6-12(9)21(18,19)15-4-5-20-8-11(15)7-13(16)17/h2-3,6,11H,4-5,7-8H2,1H3,(H,16,17). The summed E-state index contributed by atoms with van der Waals surface area (Å²) in [7, 11) is -3.68. The molecule has 0 saturated carbocycles. The van der Waals surface area contributed by atoms with E-state index in [1.54, 1.807) is 36.9 Å². The van der Waals surface area contributed by atoms with Gasteiger partial charge in [-0.2, -0.15) is 16.1 Å². The van der Waals surface area contributed by atoms with E-state index in [0.717, 1.165) is 0 Å². The first kappa shape index (κ1) is 16.8. The molecule has 116 valence electrons. The van der Waals surface area contributed by atoms with E-state index < -0.39 is 22.0 Å². The van der Waals surface area contributed by atoms with Gasteiger partial charge in [-0.15, -0.1) is 0 Å². The summed E-state index contributed by atoms with van der Waals surface area (Å²) in [5.74, 6) is 0.217. The van der Waals surface area contributed by atoms with Gasteiger partial charge in [0.15, 0.2) is 0 Å². The second-order valence-electron chi connectivity index (χ2n) is 4.85. The molecule has 1 aromatic rings. The fraction of sp³-hybridized carbons (Fsp3) is 0.462. The minimum atomic E-state index is -3.68. The number of carbonyl (C=O) groups is 1. The topological polar surface area (TPSA) is 74.7 Å². The van der Waals surface area contributed by atoms with E-state index in [4.69, 9.17) is 5.11 Å². The first-order valence-corrected chi connectivity index (χ1v) is 9.78. The number of aryl methyl sites for hydroxylation is 1. The van der Waals surface area contributed by atoms with Gasteiger partial charge in [0.05, 0.1) is 11.3 Å². The largest absolute Gasteiger partial charge is 0.481 e. The molecule has 1 unspecified atom stereocenters. The Bertz CT molecular complexity index is 648. The number of aliphatic carboxylic acids is 1. The minimum Gasteiger partial charge on any atom is -0.481 e. The fourth-order valence-electron chi connectivity index (χ4n) is 2.30. The van der Waals surface area contributed by atoms with Crippen LogP contribution in [-0.2, 0) is 14.8 Å². The van der Waals surface area contributed by atoms with Crippen LogP contribution < -0.4 is 0 Å². The van der Waals surface area contributed by atoms with Crippen LogP contribution in [-0.4, -0.2) is 47.9 Å². The molecule has 0 aromatic heterocycles. The molecule has 0 amide bonds. The molecule has 0 radical (unpaired) electrons. The number of halogens is 1. The summed E-state index contributed by atoms with van der Waals surface area (Å²) < 4.78 is 27.7. The molecule has 0 bridgehead atoms. The van der Waals surface area contributed by atoms with Crippen molar-refractivity contribution in [2.75, 3.05) is 18.1 Å². The van der Waals surface area contributed by atoms with E-state index >= 15 is 0 Å². The van der Waals surface area contributed by atoms with E-state index in [1.807, 2.05) is 0 Å². The minimum absolute atomic E-state index is 0.167. The third kappa shape index (κ3) is 3.80. The van der Waals surface area contributed by atoms with E-state index in [-0.39, 0.29) is 11.3 Å². The molecule has 1 atom stereocenters. The first-order chi connectivity index (χ1) is 9.82. The fourth-order valence-corrected chi connectivity index (χ4v) is 5.96. The highest BCUT2D eigenvalue weighted by molar-refractivity contribution is 9.10. The van der Waals surface area contributed by atoms with Crippen molar-refractivity contribution in [3.63, 3.8) is 0 Å². The van der Waals surface area contributed by atoms with Crippen molar-refractivity contribution in [2.24, 2.45) is 0 Å². The molecule has 5 nitrogen and oxygen atoms in total. The number of hydrogen-bond donors (Lipinski definition) is 1. The summed E-state index contributed by atoms with van der Waals surface area (Å²) in [6.45, 7) is 2.08.